The third kappa shape index (κ3) is 16.4. The number of hydrogen-bond acceptors (Lipinski definition) is 18. The molecule has 1 unspecified atom stereocenters. The summed E-state index contributed by atoms with van der Waals surface area (Å²) in [5.41, 5.74) is 10.7. The Morgan fingerprint density at radius 1 is 0.576 bits per heavy atom. The summed E-state index contributed by atoms with van der Waals surface area (Å²) in [6.45, 7) is 9.41. The van der Waals surface area contributed by atoms with Crippen LogP contribution in [0.5, 0.6) is 0 Å². The van der Waals surface area contributed by atoms with Crippen molar-refractivity contribution in [2.24, 2.45) is 5.92 Å². The van der Waals surface area contributed by atoms with Gasteiger partial charge in [-0.3, -0.25) is 14.4 Å². The van der Waals surface area contributed by atoms with Crippen molar-refractivity contribution < 1.29 is 72.8 Å². The lowest BCUT2D eigenvalue weighted by Crippen LogP contribution is -2.57. The van der Waals surface area contributed by atoms with Gasteiger partial charge in [-0.2, -0.15) is 52.7 Å². The average molecular weight is 1280 g/mol. The summed E-state index contributed by atoms with van der Waals surface area (Å²) < 4.78 is 161. The maximum atomic E-state index is 13.6. The molecule has 3 aliphatic rings. The zero-order chi connectivity index (χ0) is 62.3. The van der Waals surface area contributed by atoms with E-state index < -0.39 is 88.4 Å². The first-order chi connectivity index (χ1) is 39.8. The van der Waals surface area contributed by atoms with Crippen LogP contribution in [-0.4, -0.2) is 130 Å². The Balaban J connectivity index is 0.000000342. The van der Waals surface area contributed by atoms with Crippen LogP contribution >= 0.6 is 15.9 Å². The zero-order valence-electron chi connectivity index (χ0n) is 45.4. The van der Waals surface area contributed by atoms with Crippen LogP contribution in [0.15, 0.2) is 89.8 Å². The van der Waals surface area contributed by atoms with E-state index in [2.05, 4.69) is 75.6 Å². The number of nitrogens with zero attached hydrogens (tertiary/aromatic N) is 9. The predicted molar refractivity (Wildman–Crippen MR) is 303 cm³/mol. The fraction of sp³-hybridized carbons (Fsp3) is 0.389. The fourth-order valence-corrected chi connectivity index (χ4v) is 9.72. The van der Waals surface area contributed by atoms with Gasteiger partial charge in [0, 0.05) is 99.8 Å². The van der Waals surface area contributed by atoms with E-state index in [0.717, 1.165) is 24.6 Å². The van der Waals surface area contributed by atoms with Crippen LogP contribution in [-0.2, 0) is 18.5 Å². The molecule has 6 aromatic heterocycles. The topological polar surface area (TPSA) is 252 Å². The zero-order valence-corrected chi connectivity index (χ0v) is 46.9. The minimum absolute atomic E-state index is 0. The lowest BCUT2D eigenvalue weighted by atomic mass is 10.0. The van der Waals surface area contributed by atoms with Crippen molar-refractivity contribution >= 4 is 68.2 Å². The summed E-state index contributed by atoms with van der Waals surface area (Å²) in [5.74, 6) is -2.51. The van der Waals surface area contributed by atoms with Crippen molar-refractivity contribution in [2.45, 2.75) is 70.0 Å². The molecule has 3 aliphatic heterocycles. The predicted octanol–water partition coefficient (Wildman–Crippen LogP) is 9.64. The summed E-state index contributed by atoms with van der Waals surface area (Å²) in [7, 11) is 0. The number of pyridine rings is 6. The first-order valence-electron chi connectivity index (χ1n) is 26.0. The Hall–Kier alpha value is -7.77. The molecule has 0 spiro atoms. The molecule has 464 valence electrons. The van der Waals surface area contributed by atoms with Gasteiger partial charge in [-0.1, -0.05) is 13.8 Å². The van der Waals surface area contributed by atoms with Crippen LogP contribution in [0.25, 0.3) is 0 Å². The maximum absolute atomic E-state index is 13.6. The molecule has 9 rings (SSSR count). The van der Waals surface area contributed by atoms with Gasteiger partial charge in [0.15, 0.2) is 0 Å². The first-order valence-corrected chi connectivity index (χ1v) is 26.8. The normalized spacial score (nSPS) is 17.8. The molecule has 0 bridgehead atoms. The molecule has 6 aromatic rings. The summed E-state index contributed by atoms with van der Waals surface area (Å²) in [5, 5.41) is 8.96. The van der Waals surface area contributed by atoms with E-state index in [1.54, 1.807) is 0 Å². The minimum Gasteiger partial charge on any atom is -0.383 e. The van der Waals surface area contributed by atoms with Crippen molar-refractivity contribution in [3.8, 4) is 0 Å². The summed E-state index contributed by atoms with van der Waals surface area (Å²) >= 11 is 3.17. The highest BCUT2D eigenvalue weighted by Gasteiger charge is 2.44. The number of alkyl halides is 12. The van der Waals surface area contributed by atoms with E-state index in [-0.39, 0.29) is 70.8 Å². The Morgan fingerprint density at radius 3 is 1.39 bits per heavy atom. The fourth-order valence-electron chi connectivity index (χ4n) is 9.39. The number of ketones is 3. The molecular formula is C54H64BrF12N15O3. The Kier molecular flexibility index (Phi) is 20.3. The SMILES string of the molecule is CC(C)C[C@H]1CN(c2ccc(C(F)(F)F)c(C(=O)c3cc(Br)cnc3N)n2)CCN1.C[C@H]1CN(c2ccc(C(F)(F)F)c(C(=O)c3cccnc3N)n2)CCN1.Nc1ncccc1C(=O)c1nc(N2CCNC(C(F)(F)F)C2)ccc1C(F)(F)F.[HH].[HH].[HH].[HH]. The van der Waals surface area contributed by atoms with Gasteiger partial charge in [-0.15, -0.1) is 0 Å². The van der Waals surface area contributed by atoms with E-state index in [1.807, 2.05) is 16.7 Å². The quantitative estimate of drug-likeness (QED) is 0.0521. The van der Waals surface area contributed by atoms with E-state index in [9.17, 15) is 67.1 Å². The molecule has 9 N–H and O–H groups in total. The molecular weight excluding hydrogens is 1210 g/mol. The number of piperazine rings is 3. The van der Waals surface area contributed by atoms with Gasteiger partial charge in [-0.25, -0.2) is 29.9 Å². The van der Waals surface area contributed by atoms with Crippen LogP contribution in [0.3, 0.4) is 0 Å². The Bertz CT molecular complexity index is 3390. The lowest BCUT2D eigenvalue weighted by Gasteiger charge is -2.35. The molecule has 31 heteroatoms. The highest BCUT2D eigenvalue weighted by atomic mass is 79.9. The molecule has 18 nitrogen and oxygen atoms in total. The van der Waals surface area contributed by atoms with Gasteiger partial charge in [0.25, 0.3) is 0 Å². The smallest absolute Gasteiger partial charge is 0.383 e. The van der Waals surface area contributed by atoms with Gasteiger partial charge >= 0.3 is 24.7 Å². The molecule has 3 saturated heterocycles. The molecule has 3 fully saturated rings. The third-order valence-corrected chi connectivity index (χ3v) is 13.9. The molecule has 9 heterocycles. The number of rotatable bonds is 11. The number of nitrogen functional groups attached to an aromatic ring is 3. The molecule has 0 aliphatic carbocycles. The second-order valence-corrected chi connectivity index (χ2v) is 21.1. The molecule has 3 atom stereocenters. The Morgan fingerprint density at radius 2 is 0.976 bits per heavy atom. The number of nitrogens with one attached hydrogen (secondary N) is 3. The van der Waals surface area contributed by atoms with Gasteiger partial charge in [0.05, 0.1) is 33.4 Å². The number of nitrogens with two attached hydrogens (primary N) is 3. The van der Waals surface area contributed by atoms with Crippen molar-refractivity contribution in [2.75, 3.05) is 90.8 Å². The van der Waals surface area contributed by atoms with E-state index in [1.165, 1.54) is 66.0 Å². The van der Waals surface area contributed by atoms with Gasteiger partial charge in [0.2, 0.25) is 17.3 Å². The number of hydrogen-bond donors (Lipinski definition) is 6. The summed E-state index contributed by atoms with van der Waals surface area (Å²) in [6.07, 6.45) is -13.9. The highest BCUT2D eigenvalue weighted by molar-refractivity contribution is 9.10. The molecule has 0 radical (unpaired) electrons. The largest absolute Gasteiger partial charge is 0.418 e. The van der Waals surface area contributed by atoms with Gasteiger partial charge in [0.1, 0.15) is 58.0 Å². The summed E-state index contributed by atoms with van der Waals surface area (Å²) in [4.78, 5) is 66.6. The van der Waals surface area contributed by atoms with Crippen molar-refractivity contribution in [3.63, 3.8) is 0 Å². The van der Waals surface area contributed by atoms with Crippen LogP contribution in [0.4, 0.5) is 87.6 Å². The second kappa shape index (κ2) is 26.7. The molecule has 85 heavy (non-hydrogen) atoms. The standard InChI is InChI=1S/C20H23BrF3N5O.C17H15F6N5O.C17H18F3N5O.4H2/c1-11(2)7-13-10-29(6-5-26-13)16-4-3-15(20(22,23)24)17(28-16)18(30)14-8-12(21)9-27-19(14)25;18-16(19,20)10-3-4-12(28-7-6-25-11(8-28)17(21,22)23)27-13(10)14(29)9-2-1-5-26-15(9)24;1-10-9-25(8-7-22-10)13-5-4-12(17(18,19)20)14(24-13)15(26)11-3-2-6-23-16(11)21;;;;/h3-4,8-9,11,13,26H,5-7,10H2,1-2H3,(H2,25,27);1-5,11,25H,6-8H2,(H2,24,26);2-6,10,22H,7-9H2,1H3,(H2,21,23);4*1H/t13-;;10-;;;;/m0.0..../s1. The lowest BCUT2D eigenvalue weighted by molar-refractivity contribution is -0.155. The minimum atomic E-state index is -4.90. The van der Waals surface area contributed by atoms with Crippen molar-refractivity contribution in [3.05, 3.63) is 140 Å². The van der Waals surface area contributed by atoms with Crippen LogP contribution < -0.4 is 47.9 Å². The number of carbonyl (C=O) groups is 3. The summed E-state index contributed by atoms with van der Waals surface area (Å²) in [6, 6.07) is 11.2. The Labute approximate surface area is 492 Å². The van der Waals surface area contributed by atoms with Crippen LogP contribution in [0.1, 0.15) is 97.7 Å². The van der Waals surface area contributed by atoms with Crippen molar-refractivity contribution in [1.29, 1.82) is 0 Å². The van der Waals surface area contributed by atoms with Crippen molar-refractivity contribution in [1.82, 2.24) is 45.9 Å². The molecule has 0 amide bonds. The number of carbonyl (C=O) groups excluding carboxylic acids is 3. The van der Waals surface area contributed by atoms with Gasteiger partial charge < -0.3 is 47.9 Å². The molecule has 0 saturated carbocycles. The van der Waals surface area contributed by atoms with Crippen LogP contribution in [0.2, 0.25) is 0 Å². The van der Waals surface area contributed by atoms with E-state index >= 15 is 0 Å². The van der Waals surface area contributed by atoms with Crippen LogP contribution in [0, 0.1) is 5.92 Å². The second-order valence-electron chi connectivity index (χ2n) is 20.2. The average Bonchev–Trinajstić information content (AvgIpc) is 1.19. The number of halogens is 13. The maximum Gasteiger partial charge on any atom is 0.418 e. The number of anilines is 6. The highest BCUT2D eigenvalue weighted by Crippen LogP contribution is 2.38. The van der Waals surface area contributed by atoms with E-state index in [4.69, 9.17) is 17.2 Å². The molecule has 0 aromatic carbocycles. The third-order valence-electron chi connectivity index (χ3n) is 13.4. The van der Waals surface area contributed by atoms with E-state index in [0.29, 0.717) is 67.4 Å². The van der Waals surface area contributed by atoms with Gasteiger partial charge in [-0.05, 0) is 102 Å². The number of aromatic nitrogens is 6. The first kappa shape index (κ1) is 64.8. The monoisotopic (exact) mass is 1280 g/mol.